The summed E-state index contributed by atoms with van der Waals surface area (Å²) in [5.74, 6) is -0.450. The van der Waals surface area contributed by atoms with E-state index in [1.165, 1.54) is 23.1 Å². The van der Waals surface area contributed by atoms with Crippen molar-refractivity contribution >= 4 is 51.4 Å². The van der Waals surface area contributed by atoms with Gasteiger partial charge in [-0.2, -0.15) is 4.99 Å². The van der Waals surface area contributed by atoms with Gasteiger partial charge >= 0.3 is 5.97 Å². The van der Waals surface area contributed by atoms with Crippen molar-refractivity contribution in [2.24, 2.45) is 4.99 Å². The Hall–Kier alpha value is -2.92. The molecule has 1 aromatic carbocycles. The first-order chi connectivity index (χ1) is 15.4. The van der Waals surface area contributed by atoms with E-state index in [0.717, 1.165) is 23.4 Å². The van der Waals surface area contributed by atoms with Crippen molar-refractivity contribution < 1.29 is 24.2 Å². The highest BCUT2D eigenvalue weighted by molar-refractivity contribution is 8.18. The van der Waals surface area contributed by atoms with Gasteiger partial charge in [0.25, 0.3) is 5.91 Å². The number of rotatable bonds is 10. The van der Waals surface area contributed by atoms with E-state index in [2.05, 4.69) is 15.2 Å². The summed E-state index contributed by atoms with van der Waals surface area (Å²) < 4.78 is 10.9. The second-order valence-corrected chi connectivity index (χ2v) is 8.66. The quantitative estimate of drug-likeness (QED) is 0.512. The lowest BCUT2D eigenvalue weighted by atomic mass is 10.2. The Kier molecular flexibility index (Phi) is 8.23. The van der Waals surface area contributed by atoms with E-state index in [1.807, 2.05) is 20.8 Å². The molecule has 1 saturated heterocycles. The van der Waals surface area contributed by atoms with Crippen LogP contribution in [0.3, 0.4) is 0 Å². The maximum Gasteiger partial charge on any atom is 0.341 e. The Morgan fingerprint density at radius 1 is 1.22 bits per heavy atom. The molecule has 2 aromatic rings. The predicted molar refractivity (Wildman–Crippen MR) is 125 cm³/mol. The summed E-state index contributed by atoms with van der Waals surface area (Å²) in [5.41, 5.74) is 0.730. The Morgan fingerprint density at radius 3 is 2.69 bits per heavy atom. The Labute approximate surface area is 194 Å². The van der Waals surface area contributed by atoms with E-state index in [4.69, 9.17) is 14.6 Å². The van der Waals surface area contributed by atoms with Crippen molar-refractivity contribution in [3.63, 3.8) is 0 Å². The maximum absolute atomic E-state index is 13.0. The minimum Gasteiger partial charge on any atom is -0.490 e. The summed E-state index contributed by atoms with van der Waals surface area (Å²) in [6, 6.07) is 5.11. The molecule has 1 aromatic heterocycles. The van der Waals surface area contributed by atoms with Gasteiger partial charge in [0, 0.05) is 6.54 Å². The standard InChI is InChI=1S/C21H24N4O5S2/c1-4-9-25-19(28)16(31-21(25)22-20-24-23-17(5-2)32-20)11-13-7-8-14(30-12-18(26)27)15(10-13)29-6-3/h7-8,10-11H,4-6,9,12H2,1-3H3,(H,26,27)/b16-11+,22-21+. The topological polar surface area (TPSA) is 114 Å². The molecule has 1 aliphatic heterocycles. The van der Waals surface area contributed by atoms with Crippen LogP contribution in [0.4, 0.5) is 5.13 Å². The maximum atomic E-state index is 13.0. The second kappa shape index (κ2) is 11.1. The first kappa shape index (κ1) is 23.7. The van der Waals surface area contributed by atoms with Crippen LogP contribution >= 0.6 is 23.1 Å². The molecule has 0 bridgehead atoms. The number of carbonyl (C=O) groups is 2. The molecule has 9 nitrogen and oxygen atoms in total. The number of aryl methyl sites for hydroxylation is 1. The molecule has 2 heterocycles. The van der Waals surface area contributed by atoms with Gasteiger partial charge in [0.05, 0.1) is 11.5 Å². The highest BCUT2D eigenvalue weighted by Crippen LogP contribution is 2.36. The first-order valence-electron chi connectivity index (χ1n) is 10.2. The van der Waals surface area contributed by atoms with Crippen molar-refractivity contribution in [2.75, 3.05) is 19.8 Å². The number of thioether (sulfide) groups is 1. The van der Waals surface area contributed by atoms with E-state index in [-0.39, 0.29) is 5.91 Å². The van der Waals surface area contributed by atoms with Gasteiger partial charge in [-0.25, -0.2) is 4.79 Å². The van der Waals surface area contributed by atoms with Gasteiger partial charge in [0.2, 0.25) is 5.13 Å². The minimum atomic E-state index is -1.07. The Balaban J connectivity index is 1.88. The summed E-state index contributed by atoms with van der Waals surface area (Å²) in [6.07, 6.45) is 3.34. The van der Waals surface area contributed by atoms with E-state index < -0.39 is 12.6 Å². The summed E-state index contributed by atoms with van der Waals surface area (Å²) in [6.45, 7) is 6.30. The zero-order chi connectivity index (χ0) is 23.1. The van der Waals surface area contributed by atoms with Crippen LogP contribution in [0.25, 0.3) is 6.08 Å². The average molecular weight is 477 g/mol. The number of amides is 1. The third kappa shape index (κ3) is 5.86. The second-order valence-electron chi connectivity index (χ2n) is 6.62. The fraction of sp³-hybridized carbons (Fsp3) is 0.381. The number of aliphatic carboxylic acids is 1. The van der Waals surface area contributed by atoms with Crippen LogP contribution in [-0.2, 0) is 16.0 Å². The van der Waals surface area contributed by atoms with E-state index in [0.29, 0.717) is 39.9 Å². The van der Waals surface area contributed by atoms with Crippen molar-refractivity contribution in [3.8, 4) is 11.5 Å². The molecule has 0 saturated carbocycles. The largest absolute Gasteiger partial charge is 0.490 e. The van der Waals surface area contributed by atoms with Crippen LogP contribution in [0.5, 0.6) is 11.5 Å². The van der Waals surface area contributed by atoms with Crippen LogP contribution in [0.1, 0.15) is 37.8 Å². The number of ether oxygens (including phenoxy) is 2. The number of aromatic nitrogens is 2. The molecule has 3 rings (SSSR count). The number of hydrogen-bond donors (Lipinski definition) is 1. The third-order valence-electron chi connectivity index (χ3n) is 4.20. The molecule has 0 atom stereocenters. The summed E-state index contributed by atoms with van der Waals surface area (Å²) in [4.78, 5) is 30.6. The molecule has 0 spiro atoms. The number of benzene rings is 1. The van der Waals surface area contributed by atoms with Gasteiger partial charge in [-0.3, -0.25) is 9.69 Å². The molecule has 1 N–H and O–H groups in total. The van der Waals surface area contributed by atoms with Gasteiger partial charge in [0.1, 0.15) is 5.01 Å². The lowest BCUT2D eigenvalue weighted by molar-refractivity contribution is -0.139. The molecule has 32 heavy (non-hydrogen) atoms. The molecular weight excluding hydrogens is 452 g/mol. The Morgan fingerprint density at radius 2 is 2.03 bits per heavy atom. The summed E-state index contributed by atoms with van der Waals surface area (Å²) in [7, 11) is 0. The number of carboxylic acids is 1. The first-order valence-corrected chi connectivity index (χ1v) is 11.8. The number of carbonyl (C=O) groups excluding carboxylic acids is 1. The molecule has 1 amide bonds. The van der Waals surface area contributed by atoms with Gasteiger partial charge in [-0.05, 0) is 55.3 Å². The highest BCUT2D eigenvalue weighted by atomic mass is 32.2. The summed E-state index contributed by atoms with van der Waals surface area (Å²) in [5, 5.41) is 19.0. The Bertz CT molecular complexity index is 1050. The van der Waals surface area contributed by atoms with E-state index >= 15 is 0 Å². The minimum absolute atomic E-state index is 0.125. The number of aliphatic imine (C=N–C) groups is 1. The fourth-order valence-electron chi connectivity index (χ4n) is 2.82. The number of hydrogen-bond acceptors (Lipinski definition) is 9. The van der Waals surface area contributed by atoms with E-state index in [1.54, 1.807) is 29.2 Å². The normalized spacial score (nSPS) is 16.2. The monoisotopic (exact) mass is 476 g/mol. The molecule has 11 heteroatoms. The zero-order valence-corrected chi connectivity index (χ0v) is 19.7. The smallest absolute Gasteiger partial charge is 0.341 e. The molecule has 1 fully saturated rings. The average Bonchev–Trinajstić information content (AvgIpc) is 3.33. The van der Waals surface area contributed by atoms with Crippen molar-refractivity contribution in [1.82, 2.24) is 15.1 Å². The van der Waals surface area contributed by atoms with Crippen LogP contribution < -0.4 is 9.47 Å². The highest BCUT2D eigenvalue weighted by Gasteiger charge is 2.33. The predicted octanol–water partition coefficient (Wildman–Crippen LogP) is 3.98. The third-order valence-corrected chi connectivity index (χ3v) is 6.17. The van der Waals surface area contributed by atoms with Crippen molar-refractivity contribution in [1.29, 1.82) is 0 Å². The number of amidine groups is 1. The van der Waals surface area contributed by atoms with E-state index in [9.17, 15) is 9.59 Å². The molecule has 0 radical (unpaired) electrons. The van der Waals surface area contributed by atoms with Gasteiger partial charge in [-0.1, -0.05) is 31.3 Å². The molecule has 1 aliphatic rings. The molecule has 0 unspecified atom stereocenters. The van der Waals surface area contributed by atoms with Crippen molar-refractivity contribution in [3.05, 3.63) is 33.7 Å². The van der Waals surface area contributed by atoms with Crippen LogP contribution in [0, 0.1) is 0 Å². The van der Waals surface area contributed by atoms with Gasteiger partial charge < -0.3 is 14.6 Å². The van der Waals surface area contributed by atoms with Crippen LogP contribution in [0.2, 0.25) is 0 Å². The fourth-order valence-corrected chi connectivity index (χ4v) is 4.53. The van der Waals surface area contributed by atoms with Crippen LogP contribution in [0.15, 0.2) is 28.1 Å². The zero-order valence-electron chi connectivity index (χ0n) is 18.0. The number of carboxylic acid groups (broad SMARTS) is 1. The summed E-state index contributed by atoms with van der Waals surface area (Å²) >= 11 is 2.70. The van der Waals surface area contributed by atoms with Gasteiger partial charge in [-0.15, -0.1) is 10.2 Å². The lowest BCUT2D eigenvalue weighted by Gasteiger charge is -2.13. The molecule has 0 aliphatic carbocycles. The molecular formula is C21H24N4O5S2. The number of nitrogens with zero attached hydrogens (tertiary/aromatic N) is 4. The van der Waals surface area contributed by atoms with Crippen LogP contribution in [-0.4, -0.2) is 57.0 Å². The van der Waals surface area contributed by atoms with Gasteiger partial charge in [0.15, 0.2) is 23.3 Å². The molecule has 170 valence electrons. The van der Waals surface area contributed by atoms with Crippen molar-refractivity contribution in [2.45, 2.75) is 33.6 Å². The lowest BCUT2D eigenvalue weighted by Crippen LogP contribution is -2.29. The SMILES string of the molecule is CCCN1C(=O)/C(=C\c2ccc(OCC(=O)O)c(OCC)c2)S/C1=N/c1nnc(CC)s1.